The molecule has 0 bridgehead atoms. The molecule has 1 aromatic rings. The summed E-state index contributed by atoms with van der Waals surface area (Å²) < 4.78 is 5.23. The van der Waals surface area contributed by atoms with Crippen molar-refractivity contribution in [2.24, 2.45) is 0 Å². The molecule has 15 heavy (non-hydrogen) atoms. The number of aromatic hydroxyl groups is 3. The average molecular weight is 210 g/mol. The zero-order valence-corrected chi connectivity index (χ0v) is 8.53. The molecule has 0 heterocycles. The van der Waals surface area contributed by atoms with Crippen LogP contribution in [0.5, 0.6) is 17.2 Å². The Hall–Kier alpha value is -1.84. The standard InChI is InChI=1S/C11H14O4/c1-3-4-15-7(2)8-5-9(12)11(14)10(13)6-8/h5-6,12-14H,2-4H2,1H3. The van der Waals surface area contributed by atoms with Gasteiger partial charge in [0.2, 0.25) is 0 Å². The van der Waals surface area contributed by atoms with Gasteiger partial charge in [-0.15, -0.1) is 0 Å². The van der Waals surface area contributed by atoms with Crippen molar-refractivity contribution in [2.75, 3.05) is 6.61 Å². The van der Waals surface area contributed by atoms with E-state index in [2.05, 4.69) is 6.58 Å². The van der Waals surface area contributed by atoms with Crippen molar-refractivity contribution in [1.82, 2.24) is 0 Å². The Kier molecular flexibility index (Phi) is 3.44. The molecule has 0 aromatic heterocycles. The molecule has 4 heteroatoms. The van der Waals surface area contributed by atoms with E-state index in [9.17, 15) is 10.2 Å². The van der Waals surface area contributed by atoms with E-state index in [4.69, 9.17) is 9.84 Å². The molecule has 0 saturated carbocycles. The van der Waals surface area contributed by atoms with Crippen LogP contribution in [0.25, 0.3) is 5.76 Å². The first-order valence-electron chi connectivity index (χ1n) is 4.63. The van der Waals surface area contributed by atoms with Crippen molar-refractivity contribution < 1.29 is 20.1 Å². The van der Waals surface area contributed by atoms with Gasteiger partial charge in [0, 0.05) is 5.56 Å². The second kappa shape index (κ2) is 4.59. The summed E-state index contributed by atoms with van der Waals surface area (Å²) in [5.41, 5.74) is 0.441. The zero-order chi connectivity index (χ0) is 11.4. The molecule has 0 radical (unpaired) electrons. The second-order valence-electron chi connectivity index (χ2n) is 3.13. The Balaban J connectivity index is 2.91. The van der Waals surface area contributed by atoms with Crippen LogP contribution in [0, 0.1) is 0 Å². The summed E-state index contributed by atoms with van der Waals surface area (Å²) >= 11 is 0. The Labute approximate surface area is 88.1 Å². The summed E-state index contributed by atoms with van der Waals surface area (Å²) in [6.45, 7) is 6.12. The summed E-state index contributed by atoms with van der Waals surface area (Å²) in [6.07, 6.45) is 0.842. The predicted molar refractivity (Wildman–Crippen MR) is 56.7 cm³/mol. The number of rotatable bonds is 4. The van der Waals surface area contributed by atoms with E-state index in [-0.39, 0.29) is 0 Å². The summed E-state index contributed by atoms with van der Waals surface area (Å²) in [5.74, 6) is -0.984. The van der Waals surface area contributed by atoms with Crippen molar-refractivity contribution >= 4 is 5.76 Å². The highest BCUT2D eigenvalue weighted by atomic mass is 16.5. The molecule has 0 aliphatic carbocycles. The maximum absolute atomic E-state index is 9.25. The molecule has 0 unspecified atom stereocenters. The molecule has 0 atom stereocenters. The SMILES string of the molecule is C=C(OCCC)c1cc(O)c(O)c(O)c1. The van der Waals surface area contributed by atoms with Gasteiger partial charge in [-0.05, 0) is 18.6 Å². The van der Waals surface area contributed by atoms with Gasteiger partial charge in [-0.1, -0.05) is 13.5 Å². The maximum atomic E-state index is 9.25. The average Bonchev–Trinajstić information content (AvgIpc) is 2.21. The van der Waals surface area contributed by atoms with Gasteiger partial charge in [-0.3, -0.25) is 0 Å². The third-order valence-corrected chi connectivity index (χ3v) is 1.87. The summed E-state index contributed by atoms with van der Waals surface area (Å²) in [6, 6.07) is 2.57. The summed E-state index contributed by atoms with van der Waals surface area (Å²) in [4.78, 5) is 0. The molecular weight excluding hydrogens is 196 g/mol. The quantitative estimate of drug-likeness (QED) is 0.526. The van der Waals surface area contributed by atoms with E-state index in [0.717, 1.165) is 6.42 Å². The van der Waals surface area contributed by atoms with E-state index in [1.807, 2.05) is 6.92 Å². The fraction of sp³-hybridized carbons (Fsp3) is 0.273. The minimum atomic E-state index is -0.540. The van der Waals surface area contributed by atoms with Crippen molar-refractivity contribution in [3.8, 4) is 17.2 Å². The molecule has 82 valence electrons. The van der Waals surface area contributed by atoms with Crippen molar-refractivity contribution in [3.63, 3.8) is 0 Å². The number of hydrogen-bond acceptors (Lipinski definition) is 4. The van der Waals surface area contributed by atoms with Gasteiger partial charge in [0.05, 0.1) is 6.61 Å². The lowest BCUT2D eigenvalue weighted by Gasteiger charge is -2.09. The second-order valence-corrected chi connectivity index (χ2v) is 3.13. The molecule has 0 spiro atoms. The van der Waals surface area contributed by atoms with E-state index in [1.54, 1.807) is 0 Å². The molecule has 0 aliphatic rings. The molecule has 4 nitrogen and oxygen atoms in total. The van der Waals surface area contributed by atoms with E-state index in [0.29, 0.717) is 17.9 Å². The molecule has 0 amide bonds. The van der Waals surface area contributed by atoms with Crippen LogP contribution in [0.15, 0.2) is 18.7 Å². The van der Waals surface area contributed by atoms with Gasteiger partial charge in [0.15, 0.2) is 17.2 Å². The number of ether oxygens (including phenoxy) is 1. The molecule has 0 saturated heterocycles. The lowest BCUT2D eigenvalue weighted by atomic mass is 10.1. The van der Waals surface area contributed by atoms with E-state index >= 15 is 0 Å². The lowest BCUT2D eigenvalue weighted by Crippen LogP contribution is -1.92. The highest BCUT2D eigenvalue weighted by Crippen LogP contribution is 2.37. The van der Waals surface area contributed by atoms with Crippen molar-refractivity contribution in [3.05, 3.63) is 24.3 Å². The number of hydrogen-bond donors (Lipinski definition) is 3. The predicted octanol–water partition coefficient (Wildman–Crippen LogP) is 2.20. The minimum absolute atomic E-state index is 0.349. The topological polar surface area (TPSA) is 69.9 Å². The number of benzene rings is 1. The van der Waals surface area contributed by atoms with Gasteiger partial charge in [0.1, 0.15) is 5.76 Å². The largest absolute Gasteiger partial charge is 0.504 e. The lowest BCUT2D eigenvalue weighted by molar-refractivity contribution is 0.277. The first kappa shape index (κ1) is 11.2. The number of phenolic OH excluding ortho intramolecular Hbond substituents is 3. The molecule has 3 N–H and O–H groups in total. The number of phenols is 3. The fourth-order valence-electron chi connectivity index (χ4n) is 1.07. The van der Waals surface area contributed by atoms with Crippen LogP contribution in [-0.4, -0.2) is 21.9 Å². The van der Waals surface area contributed by atoms with Crippen LogP contribution in [0.1, 0.15) is 18.9 Å². The smallest absolute Gasteiger partial charge is 0.200 e. The van der Waals surface area contributed by atoms with E-state index in [1.165, 1.54) is 12.1 Å². The normalized spacial score (nSPS) is 9.93. The minimum Gasteiger partial charge on any atom is -0.504 e. The fourth-order valence-corrected chi connectivity index (χ4v) is 1.07. The van der Waals surface area contributed by atoms with Gasteiger partial charge >= 0.3 is 0 Å². The Morgan fingerprint density at radius 2 is 1.80 bits per heavy atom. The van der Waals surface area contributed by atoms with Crippen LogP contribution in [0.4, 0.5) is 0 Å². The van der Waals surface area contributed by atoms with Crippen LogP contribution in [0.3, 0.4) is 0 Å². The summed E-state index contributed by atoms with van der Waals surface area (Å²) in [5, 5.41) is 27.6. The van der Waals surface area contributed by atoms with Crippen molar-refractivity contribution in [2.45, 2.75) is 13.3 Å². The third-order valence-electron chi connectivity index (χ3n) is 1.87. The molecule has 1 rings (SSSR count). The Bertz CT molecular complexity index is 348. The Morgan fingerprint density at radius 3 is 2.27 bits per heavy atom. The highest BCUT2D eigenvalue weighted by molar-refractivity contribution is 5.65. The van der Waals surface area contributed by atoms with Gasteiger partial charge in [-0.25, -0.2) is 0 Å². The van der Waals surface area contributed by atoms with Gasteiger partial charge in [-0.2, -0.15) is 0 Å². The first-order chi connectivity index (χ1) is 7.06. The molecule has 0 aliphatic heterocycles. The third kappa shape index (κ3) is 2.56. The first-order valence-corrected chi connectivity index (χ1v) is 4.63. The van der Waals surface area contributed by atoms with E-state index < -0.39 is 17.2 Å². The summed E-state index contributed by atoms with van der Waals surface area (Å²) in [7, 11) is 0. The van der Waals surface area contributed by atoms with Crippen LogP contribution in [0.2, 0.25) is 0 Å². The van der Waals surface area contributed by atoms with Gasteiger partial charge in [0.25, 0.3) is 0 Å². The van der Waals surface area contributed by atoms with Gasteiger partial charge < -0.3 is 20.1 Å². The monoisotopic (exact) mass is 210 g/mol. The zero-order valence-electron chi connectivity index (χ0n) is 8.53. The highest BCUT2D eigenvalue weighted by Gasteiger charge is 2.10. The molecule has 1 aromatic carbocycles. The maximum Gasteiger partial charge on any atom is 0.200 e. The van der Waals surface area contributed by atoms with Crippen molar-refractivity contribution in [1.29, 1.82) is 0 Å². The van der Waals surface area contributed by atoms with Crippen LogP contribution in [-0.2, 0) is 4.74 Å². The van der Waals surface area contributed by atoms with Crippen LogP contribution < -0.4 is 0 Å². The Morgan fingerprint density at radius 1 is 1.27 bits per heavy atom. The molecule has 0 fully saturated rings. The van der Waals surface area contributed by atoms with Crippen LogP contribution >= 0.6 is 0 Å². The molecular formula is C11H14O4.